The first-order valence-corrected chi connectivity index (χ1v) is 23.3. The predicted octanol–water partition coefficient (Wildman–Crippen LogP) is 14.2. The lowest BCUT2D eigenvalue weighted by atomic mass is 9.97. The Morgan fingerprint density at radius 2 is 1.16 bits per heavy atom. The molecule has 0 radical (unpaired) electrons. The van der Waals surface area contributed by atoms with Crippen molar-refractivity contribution in [1.29, 1.82) is 0 Å². The Hall–Kier alpha value is -5.93. The van der Waals surface area contributed by atoms with E-state index in [0.29, 0.717) is 86.1 Å². The lowest BCUT2D eigenvalue weighted by Crippen LogP contribution is -2.36. The zero-order valence-electron chi connectivity index (χ0n) is 34.6. The molecule has 2 aliphatic rings. The van der Waals surface area contributed by atoms with E-state index in [0.717, 1.165) is 52.6 Å². The molecule has 1 atom stereocenters. The molecule has 16 heteroatoms. The van der Waals surface area contributed by atoms with Gasteiger partial charge in [-0.15, -0.1) is 22.7 Å². The van der Waals surface area contributed by atoms with E-state index in [9.17, 15) is 19.1 Å². The third kappa shape index (κ3) is 11.8. The quantitative estimate of drug-likeness (QED) is 0.136. The summed E-state index contributed by atoms with van der Waals surface area (Å²) < 4.78 is 45.8. The molecule has 0 spiro atoms. The van der Waals surface area contributed by atoms with Crippen LogP contribution in [0.5, 0.6) is 0 Å². The lowest BCUT2D eigenvalue weighted by molar-refractivity contribution is -0.141. The van der Waals surface area contributed by atoms with E-state index in [-0.39, 0.29) is 32.4 Å². The third-order valence-electron chi connectivity index (χ3n) is 11.4. The monoisotopic (exact) mass is 985 g/mol. The fraction of sp³-hybridized carbons (Fsp3) is 0.255. The summed E-state index contributed by atoms with van der Waals surface area (Å²) in [5.41, 5.74) is 9.56. The molecular weight excluding hydrogens is 939 g/mol. The Morgan fingerprint density at radius 1 is 0.642 bits per heavy atom. The summed E-state index contributed by atoms with van der Waals surface area (Å²) >= 11 is 15.1. The summed E-state index contributed by atoms with van der Waals surface area (Å²) in [7, 11) is 0. The van der Waals surface area contributed by atoms with Crippen LogP contribution in [0.2, 0.25) is 10.0 Å². The summed E-state index contributed by atoms with van der Waals surface area (Å²) in [5, 5.41) is 18.9. The van der Waals surface area contributed by atoms with E-state index in [2.05, 4.69) is 19.9 Å². The summed E-state index contributed by atoms with van der Waals surface area (Å²) in [4.78, 5) is 40.3. The number of rotatable bonds is 9. The SMILES string of the molecule is C.C.Fc1ccc(Cc2cc3scnc3c(-c3cccc(Cl)c3)c2F)cn1.O=C(O)C1CCCC1.O=C(O)[C@@H]1CCCN1c1ccc(Cc2cc3scnc3c(-c3cccc(Cl)c3)c2F)cn1. The number of thiazole rings is 2. The zero-order valence-corrected chi connectivity index (χ0v) is 37.7. The first-order chi connectivity index (χ1) is 31.4. The molecule has 9 nitrogen and oxygen atoms in total. The number of hydrogen-bond donors (Lipinski definition) is 2. The van der Waals surface area contributed by atoms with Crippen LogP contribution in [0.15, 0.2) is 108 Å². The van der Waals surface area contributed by atoms with Gasteiger partial charge in [0.05, 0.1) is 37.4 Å². The molecule has 10 rings (SSSR count). The summed E-state index contributed by atoms with van der Waals surface area (Å²) in [6, 6.07) is 23.9. The van der Waals surface area contributed by atoms with Gasteiger partial charge in [0.15, 0.2) is 0 Å². The highest BCUT2D eigenvalue weighted by molar-refractivity contribution is 7.17. The normalized spacial score (nSPS) is 14.4. The van der Waals surface area contributed by atoms with E-state index in [1.165, 1.54) is 34.9 Å². The number of nitrogens with zero attached hydrogens (tertiary/aromatic N) is 5. The second kappa shape index (κ2) is 22.7. The highest BCUT2D eigenvalue weighted by Crippen LogP contribution is 2.38. The Morgan fingerprint density at radius 3 is 1.60 bits per heavy atom. The van der Waals surface area contributed by atoms with Crippen LogP contribution in [0.3, 0.4) is 0 Å². The Kier molecular flexibility index (Phi) is 17.1. The maximum atomic E-state index is 15.7. The van der Waals surface area contributed by atoms with Crippen LogP contribution >= 0.6 is 45.9 Å². The number of aromatic nitrogens is 4. The average Bonchev–Trinajstić information content (AvgIpc) is 4.15. The molecule has 5 heterocycles. The average molecular weight is 987 g/mol. The number of aliphatic carboxylic acids is 2. The lowest BCUT2D eigenvalue weighted by Gasteiger charge is -2.22. The molecule has 0 bridgehead atoms. The molecule has 0 unspecified atom stereocenters. The molecule has 1 aliphatic heterocycles. The van der Waals surface area contributed by atoms with Gasteiger partial charge in [-0.2, -0.15) is 4.39 Å². The van der Waals surface area contributed by atoms with Crippen molar-refractivity contribution in [3.05, 3.63) is 158 Å². The number of hydrogen-bond acceptors (Lipinski definition) is 9. The second-order valence-corrected chi connectivity index (χ2v) is 18.4. The number of carboxylic acid groups (broad SMARTS) is 2. The molecule has 2 N–H and O–H groups in total. The van der Waals surface area contributed by atoms with Gasteiger partial charge in [0, 0.05) is 53.0 Å². The van der Waals surface area contributed by atoms with Gasteiger partial charge in [0.1, 0.15) is 23.5 Å². The van der Waals surface area contributed by atoms with Crippen LogP contribution in [-0.4, -0.2) is 54.7 Å². The first kappa shape index (κ1) is 50.5. The van der Waals surface area contributed by atoms with Gasteiger partial charge >= 0.3 is 11.9 Å². The molecule has 348 valence electrons. The molecular formula is C51H48Cl2F3N5O4S2. The minimum Gasteiger partial charge on any atom is -0.481 e. The topological polar surface area (TPSA) is 129 Å². The molecule has 8 aromatic rings. The molecule has 4 aromatic carbocycles. The molecule has 4 aromatic heterocycles. The second-order valence-electron chi connectivity index (χ2n) is 15.7. The molecule has 1 aliphatic carbocycles. The van der Waals surface area contributed by atoms with Crippen LogP contribution < -0.4 is 4.90 Å². The number of halogens is 5. The van der Waals surface area contributed by atoms with Crippen LogP contribution in [0.25, 0.3) is 42.7 Å². The summed E-state index contributed by atoms with van der Waals surface area (Å²) in [5.74, 6) is -2.04. The van der Waals surface area contributed by atoms with Crippen LogP contribution in [0, 0.1) is 23.5 Å². The van der Waals surface area contributed by atoms with Crippen molar-refractivity contribution < 1.29 is 33.0 Å². The Balaban J connectivity index is 0.000000188. The van der Waals surface area contributed by atoms with Gasteiger partial charge in [-0.1, -0.05) is 87.3 Å². The van der Waals surface area contributed by atoms with Crippen LogP contribution in [-0.2, 0) is 22.4 Å². The molecule has 2 fully saturated rings. The number of carboxylic acids is 2. The largest absolute Gasteiger partial charge is 0.481 e. The molecule has 1 saturated heterocycles. The van der Waals surface area contributed by atoms with Crippen molar-refractivity contribution in [2.45, 2.75) is 72.3 Å². The van der Waals surface area contributed by atoms with Crippen molar-refractivity contribution in [2.24, 2.45) is 5.92 Å². The maximum Gasteiger partial charge on any atom is 0.326 e. The smallest absolute Gasteiger partial charge is 0.326 e. The highest BCUT2D eigenvalue weighted by Gasteiger charge is 2.31. The van der Waals surface area contributed by atoms with Crippen LogP contribution in [0.1, 0.15) is 75.6 Å². The van der Waals surface area contributed by atoms with Gasteiger partial charge in [-0.3, -0.25) is 4.79 Å². The van der Waals surface area contributed by atoms with Crippen molar-refractivity contribution in [2.75, 3.05) is 11.4 Å². The highest BCUT2D eigenvalue weighted by atomic mass is 35.5. The fourth-order valence-corrected chi connectivity index (χ4v) is 10.1. The van der Waals surface area contributed by atoms with E-state index in [1.807, 2.05) is 35.2 Å². The number of carbonyl (C=O) groups is 2. The number of pyridine rings is 2. The Labute approximate surface area is 404 Å². The minimum absolute atomic E-state index is 0. The third-order valence-corrected chi connectivity index (χ3v) is 13.4. The zero-order chi connectivity index (χ0) is 45.6. The van der Waals surface area contributed by atoms with Gasteiger partial charge in [-0.05, 0) is 108 Å². The van der Waals surface area contributed by atoms with E-state index >= 15 is 8.78 Å². The van der Waals surface area contributed by atoms with Gasteiger partial charge in [0.25, 0.3) is 0 Å². The summed E-state index contributed by atoms with van der Waals surface area (Å²) in [6.45, 7) is 0.670. The van der Waals surface area contributed by atoms with E-state index in [4.69, 9.17) is 28.3 Å². The van der Waals surface area contributed by atoms with Crippen molar-refractivity contribution in [3.63, 3.8) is 0 Å². The van der Waals surface area contributed by atoms with Gasteiger partial charge in [-0.25, -0.2) is 33.5 Å². The number of anilines is 1. The molecule has 0 amide bonds. The van der Waals surface area contributed by atoms with E-state index < -0.39 is 23.9 Å². The van der Waals surface area contributed by atoms with Crippen molar-refractivity contribution in [3.8, 4) is 22.3 Å². The standard InChI is InChI=1S/C24H19ClFN3O2S.C19H11ClF2N2S.C6H10O2.2CH4/c25-17-4-1-3-15(10-17)21-22(26)16(11-19-23(21)28-13-32-19)9-14-6-7-20(27-12-14)29-8-2-5-18(29)24(30)31;20-14-3-1-2-12(7-14)17-18(22)13(8-15-19(17)24-10-25-15)6-11-4-5-16(21)23-9-11;7-6(8)5-3-1-2-4-5;;/h1,3-4,6-7,10-13,18H,2,5,8-9H2,(H,30,31);1-5,7-10H,6H2;5H,1-4H2,(H,7,8);2*1H4/t18-;;;;/m0..../s1. The van der Waals surface area contributed by atoms with Crippen molar-refractivity contribution in [1.82, 2.24) is 19.9 Å². The fourth-order valence-electron chi connectivity index (χ4n) is 8.25. The summed E-state index contributed by atoms with van der Waals surface area (Å²) in [6.07, 6.45) is 9.26. The first-order valence-electron chi connectivity index (χ1n) is 20.8. The van der Waals surface area contributed by atoms with Crippen LogP contribution in [0.4, 0.5) is 19.0 Å². The van der Waals surface area contributed by atoms with Gasteiger partial charge in [0.2, 0.25) is 5.95 Å². The number of fused-ring (bicyclic) bond motifs is 2. The molecule has 1 saturated carbocycles. The molecule has 67 heavy (non-hydrogen) atoms. The van der Waals surface area contributed by atoms with E-state index in [1.54, 1.807) is 65.7 Å². The minimum atomic E-state index is -0.832. The maximum absolute atomic E-state index is 15.7. The van der Waals surface area contributed by atoms with Crippen molar-refractivity contribution >= 4 is 84.1 Å². The predicted molar refractivity (Wildman–Crippen MR) is 265 cm³/mol. The number of benzene rings is 4. The van der Waals surface area contributed by atoms with Gasteiger partial charge < -0.3 is 15.1 Å². The Bertz CT molecular complexity index is 2980.